The van der Waals surface area contributed by atoms with Crippen LogP contribution in [-0.2, 0) is 9.84 Å². The summed E-state index contributed by atoms with van der Waals surface area (Å²) in [6.45, 7) is 1.20. The number of amides is 1. The Morgan fingerprint density at radius 3 is 2.30 bits per heavy atom. The molecule has 9 heteroatoms. The van der Waals surface area contributed by atoms with E-state index in [9.17, 15) is 13.2 Å². The molecule has 4 rings (SSSR count). The Hall–Kier alpha value is -1.90. The number of hydrogen-bond acceptors (Lipinski definition) is 6. The van der Waals surface area contributed by atoms with Crippen LogP contribution in [0, 0.1) is 11.8 Å². The molecule has 0 spiro atoms. The molecule has 2 saturated carbocycles. The Labute approximate surface area is 159 Å². The topological polar surface area (TPSA) is 112 Å². The summed E-state index contributed by atoms with van der Waals surface area (Å²) in [6.07, 6.45) is 5.41. The maximum atomic E-state index is 12.7. The van der Waals surface area contributed by atoms with Crippen LogP contribution in [0.1, 0.15) is 44.9 Å². The monoisotopic (exact) mass is 394 g/mol. The van der Waals surface area contributed by atoms with E-state index in [-0.39, 0.29) is 16.3 Å². The van der Waals surface area contributed by atoms with Crippen LogP contribution in [0.4, 0.5) is 10.6 Å². The van der Waals surface area contributed by atoms with Crippen LogP contribution in [0.15, 0.2) is 17.2 Å². The predicted octanol–water partition coefficient (Wildman–Crippen LogP) is 2.38. The van der Waals surface area contributed by atoms with Gasteiger partial charge < -0.3 is 15.3 Å². The van der Waals surface area contributed by atoms with E-state index in [0.717, 1.165) is 32.1 Å². The van der Waals surface area contributed by atoms with E-state index in [1.54, 1.807) is 12.1 Å². The molecular weight excluding hydrogens is 368 g/mol. The average Bonchev–Trinajstić information content (AvgIpc) is 3.21. The average molecular weight is 394 g/mol. The molecule has 1 saturated heterocycles. The van der Waals surface area contributed by atoms with Crippen LogP contribution in [0.2, 0.25) is 0 Å². The summed E-state index contributed by atoms with van der Waals surface area (Å²) in [5.74, 6) is 1.35. The lowest BCUT2D eigenvalue weighted by Gasteiger charge is -2.21. The summed E-state index contributed by atoms with van der Waals surface area (Å²) in [7, 11) is -3.40. The van der Waals surface area contributed by atoms with Crippen LogP contribution in [0.25, 0.3) is 0 Å². The number of nitrogens with zero attached hydrogens (tertiary/aromatic N) is 3. The summed E-state index contributed by atoms with van der Waals surface area (Å²) < 4.78 is 25.4. The summed E-state index contributed by atoms with van der Waals surface area (Å²) >= 11 is 0. The normalized spacial score (nSPS) is 28.9. The molecule has 1 aromatic rings. The van der Waals surface area contributed by atoms with Gasteiger partial charge in [-0.05, 0) is 49.7 Å². The molecular formula is C18H26N4O4S. The number of carboxylic acid groups (broad SMARTS) is 1. The largest absolute Gasteiger partial charge is 0.465 e. The van der Waals surface area contributed by atoms with Crippen LogP contribution in [0.3, 0.4) is 0 Å². The van der Waals surface area contributed by atoms with Gasteiger partial charge in [0.05, 0.1) is 5.25 Å². The van der Waals surface area contributed by atoms with Gasteiger partial charge in [0.25, 0.3) is 0 Å². The molecule has 0 aromatic carbocycles. The van der Waals surface area contributed by atoms with Gasteiger partial charge in [0.15, 0.2) is 14.9 Å². The van der Waals surface area contributed by atoms with E-state index in [1.807, 2.05) is 0 Å². The van der Waals surface area contributed by atoms with Gasteiger partial charge in [0, 0.05) is 19.1 Å². The Morgan fingerprint density at radius 2 is 1.74 bits per heavy atom. The van der Waals surface area contributed by atoms with Gasteiger partial charge in [0.1, 0.15) is 5.82 Å². The number of rotatable bonds is 4. The summed E-state index contributed by atoms with van der Waals surface area (Å²) in [5.41, 5.74) is 0. The Bertz CT molecular complexity index is 778. The second kappa shape index (κ2) is 7.26. The second-order valence-electron chi connectivity index (χ2n) is 8.08. The van der Waals surface area contributed by atoms with Crippen molar-refractivity contribution in [3.63, 3.8) is 0 Å². The zero-order chi connectivity index (χ0) is 19.0. The van der Waals surface area contributed by atoms with Crippen molar-refractivity contribution < 1.29 is 18.3 Å². The van der Waals surface area contributed by atoms with E-state index in [4.69, 9.17) is 5.11 Å². The van der Waals surface area contributed by atoms with Crippen LogP contribution in [-0.4, -0.2) is 59.1 Å². The van der Waals surface area contributed by atoms with Crippen molar-refractivity contribution in [2.75, 3.05) is 18.4 Å². The SMILES string of the molecule is O=C(O)N1C[C@H]2C[C@H](Nc3ccc(S(=O)(=O)C4CCCCC4)nn3)C[C@H]2C1. The quantitative estimate of drug-likeness (QED) is 0.806. The number of aromatic nitrogens is 2. The lowest BCUT2D eigenvalue weighted by Crippen LogP contribution is -2.29. The molecule has 2 heterocycles. The first-order valence-corrected chi connectivity index (χ1v) is 11.3. The van der Waals surface area contributed by atoms with Gasteiger partial charge in [-0.15, -0.1) is 10.2 Å². The number of anilines is 1. The van der Waals surface area contributed by atoms with Gasteiger partial charge in [-0.2, -0.15) is 0 Å². The third kappa shape index (κ3) is 3.74. The van der Waals surface area contributed by atoms with Gasteiger partial charge in [-0.3, -0.25) is 0 Å². The molecule has 2 aliphatic carbocycles. The third-order valence-electron chi connectivity index (χ3n) is 6.30. The number of nitrogens with one attached hydrogen (secondary N) is 1. The zero-order valence-electron chi connectivity index (χ0n) is 15.2. The number of carbonyl (C=O) groups is 1. The maximum Gasteiger partial charge on any atom is 0.407 e. The summed E-state index contributed by atoms with van der Waals surface area (Å²) in [4.78, 5) is 12.6. The lowest BCUT2D eigenvalue weighted by atomic mass is 10.0. The molecule has 1 amide bonds. The molecule has 3 fully saturated rings. The molecule has 3 aliphatic rings. The molecule has 0 bridgehead atoms. The van der Waals surface area contributed by atoms with E-state index in [0.29, 0.717) is 43.6 Å². The molecule has 148 valence electrons. The van der Waals surface area contributed by atoms with Gasteiger partial charge >= 0.3 is 6.09 Å². The van der Waals surface area contributed by atoms with E-state index in [2.05, 4.69) is 15.5 Å². The smallest absolute Gasteiger partial charge is 0.407 e. The van der Waals surface area contributed by atoms with Crippen LogP contribution in [0.5, 0.6) is 0 Å². The summed E-state index contributed by atoms with van der Waals surface area (Å²) in [6, 6.07) is 3.48. The minimum absolute atomic E-state index is 0.0698. The lowest BCUT2D eigenvalue weighted by molar-refractivity contribution is 0.152. The second-order valence-corrected chi connectivity index (χ2v) is 10.3. The zero-order valence-corrected chi connectivity index (χ0v) is 16.1. The van der Waals surface area contributed by atoms with Crippen LogP contribution < -0.4 is 5.32 Å². The van der Waals surface area contributed by atoms with Crippen molar-refractivity contribution in [2.45, 2.75) is 61.3 Å². The predicted molar refractivity (Wildman–Crippen MR) is 99.3 cm³/mol. The van der Waals surface area contributed by atoms with Crippen molar-refractivity contribution in [3.8, 4) is 0 Å². The first kappa shape index (κ1) is 18.5. The Kier molecular flexibility index (Phi) is 4.96. The maximum absolute atomic E-state index is 12.7. The third-order valence-corrected chi connectivity index (χ3v) is 8.45. The Morgan fingerprint density at radius 1 is 1.07 bits per heavy atom. The molecule has 8 nitrogen and oxygen atoms in total. The minimum atomic E-state index is -3.40. The number of hydrogen-bond donors (Lipinski definition) is 2. The number of sulfone groups is 1. The standard InChI is InChI=1S/C18H26N4O4S/c23-18(24)22-10-12-8-14(9-13(12)11-22)19-16-6-7-17(21-20-16)27(25,26)15-4-2-1-3-5-15/h6-7,12-15H,1-5,8-11H2,(H,19,20)(H,23,24)/t12-,13+,14+. The minimum Gasteiger partial charge on any atom is -0.465 e. The number of fused-ring (bicyclic) bond motifs is 1. The molecule has 0 unspecified atom stereocenters. The first-order valence-electron chi connectivity index (χ1n) is 9.75. The van der Waals surface area contributed by atoms with Gasteiger partial charge in [-0.1, -0.05) is 19.3 Å². The highest BCUT2D eigenvalue weighted by atomic mass is 32.2. The van der Waals surface area contributed by atoms with Crippen molar-refractivity contribution in [1.29, 1.82) is 0 Å². The summed E-state index contributed by atoms with van der Waals surface area (Å²) in [5, 5.41) is 20.3. The van der Waals surface area contributed by atoms with Gasteiger partial charge in [-0.25, -0.2) is 13.2 Å². The molecule has 3 atom stereocenters. The van der Waals surface area contributed by atoms with Crippen molar-refractivity contribution in [2.24, 2.45) is 11.8 Å². The first-order chi connectivity index (χ1) is 12.9. The highest BCUT2D eigenvalue weighted by Crippen LogP contribution is 2.39. The molecule has 1 aliphatic heterocycles. The molecule has 1 aromatic heterocycles. The highest BCUT2D eigenvalue weighted by Gasteiger charge is 2.42. The van der Waals surface area contributed by atoms with Crippen molar-refractivity contribution in [1.82, 2.24) is 15.1 Å². The van der Waals surface area contributed by atoms with E-state index in [1.165, 1.54) is 4.90 Å². The van der Waals surface area contributed by atoms with E-state index >= 15 is 0 Å². The highest BCUT2D eigenvalue weighted by molar-refractivity contribution is 7.92. The molecule has 2 N–H and O–H groups in total. The van der Waals surface area contributed by atoms with Crippen LogP contribution >= 0.6 is 0 Å². The fraction of sp³-hybridized carbons (Fsp3) is 0.722. The van der Waals surface area contributed by atoms with Crippen molar-refractivity contribution in [3.05, 3.63) is 12.1 Å². The van der Waals surface area contributed by atoms with Crippen molar-refractivity contribution >= 4 is 21.7 Å². The van der Waals surface area contributed by atoms with E-state index < -0.39 is 15.9 Å². The fourth-order valence-electron chi connectivity index (χ4n) is 4.88. The Balaban J connectivity index is 1.36. The fourth-order valence-corrected chi connectivity index (χ4v) is 6.59. The molecule has 0 radical (unpaired) electrons. The number of likely N-dealkylation sites (tertiary alicyclic amines) is 1. The van der Waals surface area contributed by atoms with Gasteiger partial charge in [0.2, 0.25) is 0 Å². The molecule has 27 heavy (non-hydrogen) atoms.